The molecule has 1 fully saturated rings. The van der Waals surface area contributed by atoms with Gasteiger partial charge in [0.25, 0.3) is 0 Å². The normalized spacial score (nSPS) is 18.4. The fraction of sp³-hybridized carbons (Fsp3) is 0.417. The quantitative estimate of drug-likeness (QED) is 0.798. The molecule has 1 saturated carbocycles. The Labute approximate surface area is 167 Å². The Morgan fingerprint density at radius 2 is 1.64 bits per heavy atom. The minimum Gasteiger partial charge on any atom is -0.338 e. The van der Waals surface area contributed by atoms with Gasteiger partial charge in [0.2, 0.25) is 11.8 Å². The SMILES string of the molecule is CCN(Cc1ccccc1)C(=O)C1CC1C(=O)Nc1ccccc1C(C)(C)C. The summed E-state index contributed by atoms with van der Waals surface area (Å²) in [4.78, 5) is 27.5. The van der Waals surface area contributed by atoms with Crippen LogP contribution in [0.5, 0.6) is 0 Å². The smallest absolute Gasteiger partial charge is 0.228 e. The Balaban J connectivity index is 1.63. The third-order valence-corrected chi connectivity index (χ3v) is 5.35. The molecule has 2 amide bonds. The molecule has 2 unspecified atom stereocenters. The number of amides is 2. The Morgan fingerprint density at radius 3 is 2.29 bits per heavy atom. The molecule has 1 aliphatic carbocycles. The zero-order chi connectivity index (χ0) is 20.3. The van der Waals surface area contributed by atoms with Crippen LogP contribution in [0.4, 0.5) is 5.69 Å². The van der Waals surface area contributed by atoms with Gasteiger partial charge in [-0.3, -0.25) is 9.59 Å². The van der Waals surface area contributed by atoms with Crippen molar-refractivity contribution in [1.82, 2.24) is 4.90 Å². The molecule has 2 atom stereocenters. The van der Waals surface area contributed by atoms with Crippen LogP contribution in [-0.4, -0.2) is 23.3 Å². The minimum atomic E-state index is -0.231. The lowest BCUT2D eigenvalue weighted by molar-refractivity contribution is -0.134. The summed E-state index contributed by atoms with van der Waals surface area (Å²) in [6.45, 7) is 9.61. The van der Waals surface area contributed by atoms with E-state index in [1.165, 1.54) is 0 Å². The summed E-state index contributed by atoms with van der Waals surface area (Å²) in [5.74, 6) is -0.405. The van der Waals surface area contributed by atoms with Crippen molar-refractivity contribution in [1.29, 1.82) is 0 Å². The van der Waals surface area contributed by atoms with Gasteiger partial charge in [-0.1, -0.05) is 69.3 Å². The molecular weight excluding hydrogens is 348 g/mol. The molecule has 28 heavy (non-hydrogen) atoms. The second-order valence-corrected chi connectivity index (χ2v) is 8.57. The van der Waals surface area contributed by atoms with Gasteiger partial charge in [0.15, 0.2) is 0 Å². The van der Waals surface area contributed by atoms with E-state index < -0.39 is 0 Å². The Morgan fingerprint density at radius 1 is 1.00 bits per heavy atom. The third-order valence-electron chi connectivity index (χ3n) is 5.35. The highest BCUT2D eigenvalue weighted by atomic mass is 16.2. The van der Waals surface area contributed by atoms with Gasteiger partial charge in [-0.05, 0) is 36.0 Å². The second kappa shape index (κ2) is 8.17. The van der Waals surface area contributed by atoms with Gasteiger partial charge in [0.05, 0.1) is 11.8 Å². The van der Waals surface area contributed by atoms with Crippen LogP contribution >= 0.6 is 0 Å². The highest BCUT2D eigenvalue weighted by Crippen LogP contribution is 2.41. The predicted octanol–water partition coefficient (Wildman–Crippen LogP) is 4.61. The van der Waals surface area contributed by atoms with E-state index in [1.807, 2.05) is 66.4 Å². The van der Waals surface area contributed by atoms with E-state index in [-0.39, 0.29) is 29.1 Å². The van der Waals surface area contributed by atoms with E-state index in [9.17, 15) is 9.59 Å². The number of hydrogen-bond acceptors (Lipinski definition) is 2. The first-order valence-electron chi connectivity index (χ1n) is 10.0. The summed E-state index contributed by atoms with van der Waals surface area (Å²) in [5, 5.41) is 3.06. The summed E-state index contributed by atoms with van der Waals surface area (Å²) >= 11 is 0. The van der Waals surface area contributed by atoms with Crippen LogP contribution in [0.2, 0.25) is 0 Å². The minimum absolute atomic E-state index is 0.0502. The summed E-state index contributed by atoms with van der Waals surface area (Å²) in [6, 6.07) is 17.9. The van der Waals surface area contributed by atoms with E-state index in [2.05, 4.69) is 26.1 Å². The van der Waals surface area contributed by atoms with Crippen molar-refractivity contribution < 1.29 is 9.59 Å². The largest absolute Gasteiger partial charge is 0.338 e. The molecule has 0 bridgehead atoms. The monoisotopic (exact) mass is 378 g/mol. The standard InChI is InChI=1S/C24H30N2O2/c1-5-26(16-17-11-7-6-8-12-17)23(28)19-15-18(19)22(27)25-21-14-10-9-13-20(21)24(2,3)4/h6-14,18-19H,5,15-16H2,1-4H3,(H,25,27). The molecule has 4 heteroatoms. The summed E-state index contributed by atoms with van der Waals surface area (Å²) in [7, 11) is 0. The lowest BCUT2D eigenvalue weighted by atomic mass is 9.86. The second-order valence-electron chi connectivity index (χ2n) is 8.57. The Bertz CT molecular complexity index is 839. The maximum Gasteiger partial charge on any atom is 0.228 e. The number of para-hydroxylation sites is 1. The van der Waals surface area contributed by atoms with Gasteiger partial charge < -0.3 is 10.2 Å². The average Bonchev–Trinajstić information content (AvgIpc) is 3.47. The highest BCUT2D eigenvalue weighted by molar-refractivity contribution is 6.00. The van der Waals surface area contributed by atoms with Crippen LogP contribution in [0.1, 0.15) is 45.2 Å². The van der Waals surface area contributed by atoms with Crippen LogP contribution in [0, 0.1) is 11.8 Å². The summed E-state index contributed by atoms with van der Waals surface area (Å²) < 4.78 is 0. The fourth-order valence-electron chi connectivity index (χ4n) is 3.61. The zero-order valence-electron chi connectivity index (χ0n) is 17.2. The molecule has 0 heterocycles. The zero-order valence-corrected chi connectivity index (χ0v) is 17.2. The number of carbonyl (C=O) groups is 2. The number of anilines is 1. The van der Waals surface area contributed by atoms with Crippen molar-refractivity contribution in [2.24, 2.45) is 11.8 Å². The Hall–Kier alpha value is -2.62. The molecule has 3 rings (SSSR count). The molecule has 1 N–H and O–H groups in total. The molecule has 0 spiro atoms. The van der Waals surface area contributed by atoms with Gasteiger partial charge in [0, 0.05) is 18.8 Å². The van der Waals surface area contributed by atoms with Crippen LogP contribution in [0.25, 0.3) is 0 Å². The van der Waals surface area contributed by atoms with E-state index in [0.717, 1.165) is 16.8 Å². The van der Waals surface area contributed by atoms with E-state index >= 15 is 0 Å². The van der Waals surface area contributed by atoms with Gasteiger partial charge in [-0.2, -0.15) is 0 Å². The first-order valence-corrected chi connectivity index (χ1v) is 10.0. The molecular formula is C24H30N2O2. The molecule has 0 saturated heterocycles. The number of nitrogens with zero attached hydrogens (tertiary/aromatic N) is 1. The molecule has 0 aliphatic heterocycles. The number of benzene rings is 2. The lowest BCUT2D eigenvalue weighted by Crippen LogP contribution is -2.33. The topological polar surface area (TPSA) is 49.4 Å². The first-order chi connectivity index (χ1) is 13.3. The number of rotatable bonds is 6. The summed E-state index contributed by atoms with van der Waals surface area (Å²) in [6.07, 6.45) is 0.633. The van der Waals surface area contributed by atoms with Crippen molar-refractivity contribution >= 4 is 17.5 Å². The van der Waals surface area contributed by atoms with Gasteiger partial charge in [-0.25, -0.2) is 0 Å². The Kier molecular flexibility index (Phi) is 5.87. The highest BCUT2D eigenvalue weighted by Gasteiger charge is 2.49. The van der Waals surface area contributed by atoms with E-state index in [1.54, 1.807) is 0 Å². The van der Waals surface area contributed by atoms with Crippen LogP contribution in [0.3, 0.4) is 0 Å². The van der Waals surface area contributed by atoms with E-state index in [0.29, 0.717) is 19.5 Å². The van der Waals surface area contributed by atoms with Crippen LogP contribution in [-0.2, 0) is 21.5 Å². The van der Waals surface area contributed by atoms with Gasteiger partial charge in [0.1, 0.15) is 0 Å². The van der Waals surface area contributed by atoms with Crippen LogP contribution in [0.15, 0.2) is 54.6 Å². The maximum atomic E-state index is 12.9. The maximum absolute atomic E-state index is 12.9. The average molecular weight is 379 g/mol. The van der Waals surface area contributed by atoms with Crippen LogP contribution < -0.4 is 5.32 Å². The molecule has 0 aromatic heterocycles. The number of nitrogens with one attached hydrogen (secondary N) is 1. The molecule has 1 aliphatic rings. The van der Waals surface area contributed by atoms with Crippen molar-refractivity contribution in [2.45, 2.75) is 46.1 Å². The van der Waals surface area contributed by atoms with Crippen molar-refractivity contribution in [3.05, 3.63) is 65.7 Å². The molecule has 2 aromatic carbocycles. The predicted molar refractivity (Wildman–Crippen MR) is 113 cm³/mol. The molecule has 2 aromatic rings. The number of hydrogen-bond donors (Lipinski definition) is 1. The van der Waals surface area contributed by atoms with E-state index in [4.69, 9.17) is 0 Å². The fourth-order valence-corrected chi connectivity index (χ4v) is 3.61. The first kappa shape index (κ1) is 20.1. The number of carbonyl (C=O) groups excluding carboxylic acids is 2. The van der Waals surface area contributed by atoms with Gasteiger partial charge >= 0.3 is 0 Å². The van der Waals surface area contributed by atoms with Crippen molar-refractivity contribution in [2.75, 3.05) is 11.9 Å². The molecule has 4 nitrogen and oxygen atoms in total. The lowest BCUT2D eigenvalue weighted by Gasteiger charge is -2.23. The summed E-state index contributed by atoms with van der Waals surface area (Å²) in [5.41, 5.74) is 3.00. The van der Waals surface area contributed by atoms with Gasteiger partial charge in [-0.15, -0.1) is 0 Å². The molecule has 148 valence electrons. The van der Waals surface area contributed by atoms with Crippen molar-refractivity contribution in [3.8, 4) is 0 Å². The van der Waals surface area contributed by atoms with Crippen molar-refractivity contribution in [3.63, 3.8) is 0 Å². The third kappa shape index (κ3) is 4.61. The molecule has 0 radical (unpaired) electrons.